The molecule has 1 aliphatic carbocycles. The fourth-order valence-electron chi connectivity index (χ4n) is 2.28. The number of nitrogens with zero attached hydrogens (tertiary/aromatic N) is 2. The summed E-state index contributed by atoms with van der Waals surface area (Å²) < 4.78 is 0.864. The van der Waals surface area contributed by atoms with E-state index in [0.717, 1.165) is 22.7 Å². The Morgan fingerprint density at radius 2 is 2.06 bits per heavy atom. The summed E-state index contributed by atoms with van der Waals surface area (Å²) in [5.41, 5.74) is 0.221. The molecule has 1 saturated carbocycles. The van der Waals surface area contributed by atoms with Crippen LogP contribution in [0, 0.1) is 0 Å². The van der Waals surface area contributed by atoms with Crippen LogP contribution in [0.4, 0.5) is 5.82 Å². The summed E-state index contributed by atoms with van der Waals surface area (Å²) in [7, 11) is 0. The summed E-state index contributed by atoms with van der Waals surface area (Å²) in [6.45, 7) is 4.35. The van der Waals surface area contributed by atoms with Crippen LogP contribution in [0.5, 0.6) is 0 Å². The first-order valence-corrected chi connectivity index (χ1v) is 6.72. The highest BCUT2D eigenvalue weighted by atomic mass is 79.9. The predicted octanol–water partition coefficient (Wildman–Crippen LogP) is 3.55. The van der Waals surface area contributed by atoms with Gasteiger partial charge in [0.05, 0.1) is 0 Å². The van der Waals surface area contributed by atoms with Crippen molar-refractivity contribution < 1.29 is 0 Å². The van der Waals surface area contributed by atoms with Crippen LogP contribution in [0.3, 0.4) is 0 Å². The van der Waals surface area contributed by atoms with Gasteiger partial charge in [0, 0.05) is 18.0 Å². The van der Waals surface area contributed by atoms with E-state index in [1.54, 1.807) is 0 Å². The molecule has 3 nitrogen and oxygen atoms in total. The van der Waals surface area contributed by atoms with Gasteiger partial charge in [0.25, 0.3) is 0 Å². The van der Waals surface area contributed by atoms with Gasteiger partial charge in [0.15, 0.2) is 0 Å². The van der Waals surface area contributed by atoms with E-state index in [0.29, 0.717) is 0 Å². The zero-order chi connectivity index (χ0) is 11.6. The molecular weight excluding hydrogens is 266 g/mol. The molecule has 1 heterocycles. The van der Waals surface area contributed by atoms with Crippen LogP contribution >= 0.6 is 15.9 Å². The van der Waals surface area contributed by atoms with Crippen molar-refractivity contribution >= 4 is 21.7 Å². The molecule has 4 heteroatoms. The third-order valence-corrected chi connectivity index (χ3v) is 3.60. The number of hydrogen-bond acceptors (Lipinski definition) is 3. The number of rotatable bonds is 3. The maximum Gasteiger partial charge on any atom is 0.131 e. The lowest BCUT2D eigenvalue weighted by Gasteiger charge is -2.26. The smallest absolute Gasteiger partial charge is 0.131 e. The van der Waals surface area contributed by atoms with E-state index in [4.69, 9.17) is 0 Å². The molecule has 0 saturated heterocycles. The second-order valence-corrected chi connectivity index (χ2v) is 5.55. The van der Waals surface area contributed by atoms with Crippen molar-refractivity contribution in [3.63, 3.8) is 0 Å². The van der Waals surface area contributed by atoms with Crippen LogP contribution in [0.15, 0.2) is 10.7 Å². The van der Waals surface area contributed by atoms with Gasteiger partial charge in [-0.25, -0.2) is 9.97 Å². The van der Waals surface area contributed by atoms with Crippen molar-refractivity contribution in [2.45, 2.75) is 51.5 Å². The van der Waals surface area contributed by atoms with E-state index in [9.17, 15) is 0 Å². The summed E-state index contributed by atoms with van der Waals surface area (Å²) in [4.78, 5) is 8.82. The van der Waals surface area contributed by atoms with Crippen LogP contribution in [0.25, 0.3) is 0 Å². The summed E-state index contributed by atoms with van der Waals surface area (Å²) in [6, 6.07) is 1.96. The molecule has 1 aliphatic rings. The first kappa shape index (κ1) is 11.8. The Morgan fingerprint density at radius 1 is 1.38 bits per heavy atom. The van der Waals surface area contributed by atoms with Gasteiger partial charge in [-0.3, -0.25) is 0 Å². The maximum absolute atomic E-state index is 4.51. The summed E-state index contributed by atoms with van der Waals surface area (Å²) in [5, 5.41) is 3.55. The first-order chi connectivity index (χ1) is 7.61. The molecule has 1 aromatic heterocycles. The third-order valence-electron chi connectivity index (χ3n) is 3.19. The molecule has 0 atom stereocenters. The van der Waals surface area contributed by atoms with Crippen LogP contribution in [0.2, 0.25) is 0 Å². The molecular formula is C12H18BrN3. The Morgan fingerprint density at radius 3 is 2.69 bits per heavy atom. The lowest BCUT2D eigenvalue weighted by molar-refractivity contribution is 0.530. The highest BCUT2D eigenvalue weighted by Gasteiger charge is 2.28. The average molecular weight is 284 g/mol. The van der Waals surface area contributed by atoms with Gasteiger partial charge in [0.2, 0.25) is 0 Å². The van der Waals surface area contributed by atoms with Gasteiger partial charge >= 0.3 is 0 Å². The van der Waals surface area contributed by atoms with E-state index >= 15 is 0 Å². The molecule has 0 aromatic carbocycles. The van der Waals surface area contributed by atoms with Gasteiger partial charge in [-0.1, -0.05) is 19.8 Å². The predicted molar refractivity (Wildman–Crippen MR) is 69.6 cm³/mol. The highest BCUT2D eigenvalue weighted by molar-refractivity contribution is 9.10. The minimum atomic E-state index is 0.221. The zero-order valence-corrected chi connectivity index (χ0v) is 11.5. The van der Waals surface area contributed by atoms with Crippen molar-refractivity contribution in [3.8, 4) is 0 Å². The van der Waals surface area contributed by atoms with Crippen molar-refractivity contribution in [3.05, 3.63) is 16.5 Å². The number of anilines is 1. The number of aryl methyl sites for hydroxylation is 1. The van der Waals surface area contributed by atoms with E-state index in [1.165, 1.54) is 25.7 Å². The standard InChI is InChI=1S/C12H18BrN3/c1-3-10-14-9(13)8-11(15-10)16-12(2)6-4-5-7-12/h8H,3-7H2,1-2H3,(H,14,15,16). The average Bonchev–Trinajstić information content (AvgIpc) is 2.63. The van der Waals surface area contributed by atoms with Crippen molar-refractivity contribution in [2.75, 3.05) is 5.32 Å². The van der Waals surface area contributed by atoms with Crippen molar-refractivity contribution in [1.82, 2.24) is 9.97 Å². The van der Waals surface area contributed by atoms with Crippen molar-refractivity contribution in [1.29, 1.82) is 0 Å². The molecule has 0 bridgehead atoms. The lowest BCUT2D eigenvalue weighted by atomic mass is 10.0. The molecule has 16 heavy (non-hydrogen) atoms. The van der Waals surface area contributed by atoms with Crippen LogP contribution in [0.1, 0.15) is 45.4 Å². The molecule has 1 aromatic rings. The molecule has 0 aliphatic heterocycles. The quantitative estimate of drug-likeness (QED) is 0.863. The number of halogens is 1. The van der Waals surface area contributed by atoms with E-state index in [2.05, 4.69) is 45.1 Å². The van der Waals surface area contributed by atoms with Gasteiger partial charge in [-0.05, 0) is 35.7 Å². The molecule has 0 radical (unpaired) electrons. The van der Waals surface area contributed by atoms with E-state index < -0.39 is 0 Å². The highest BCUT2D eigenvalue weighted by Crippen LogP contribution is 2.32. The number of nitrogens with one attached hydrogen (secondary N) is 1. The summed E-state index contributed by atoms with van der Waals surface area (Å²) in [6.07, 6.45) is 5.96. The lowest BCUT2D eigenvalue weighted by Crippen LogP contribution is -2.31. The maximum atomic E-state index is 4.51. The van der Waals surface area contributed by atoms with Crippen LogP contribution in [-0.2, 0) is 6.42 Å². The molecule has 0 spiro atoms. The minimum absolute atomic E-state index is 0.221. The summed E-state index contributed by atoms with van der Waals surface area (Å²) in [5.74, 6) is 1.83. The first-order valence-electron chi connectivity index (χ1n) is 5.93. The van der Waals surface area contributed by atoms with Gasteiger partial charge < -0.3 is 5.32 Å². The Balaban J connectivity index is 2.17. The molecule has 1 N–H and O–H groups in total. The second kappa shape index (κ2) is 4.70. The molecule has 1 fully saturated rings. The van der Waals surface area contributed by atoms with Gasteiger partial charge in [-0.15, -0.1) is 0 Å². The Kier molecular flexibility index (Phi) is 3.47. The Bertz CT molecular complexity index is 373. The summed E-state index contributed by atoms with van der Waals surface area (Å²) >= 11 is 3.43. The Hall–Kier alpha value is -0.640. The third kappa shape index (κ3) is 2.73. The fraction of sp³-hybridized carbons (Fsp3) is 0.667. The Labute approximate surface area is 105 Å². The fourth-order valence-corrected chi connectivity index (χ4v) is 2.70. The molecule has 2 rings (SSSR count). The molecule has 0 amide bonds. The second-order valence-electron chi connectivity index (χ2n) is 4.74. The van der Waals surface area contributed by atoms with Crippen molar-refractivity contribution in [2.24, 2.45) is 0 Å². The van der Waals surface area contributed by atoms with Crippen LogP contribution < -0.4 is 5.32 Å². The van der Waals surface area contributed by atoms with E-state index in [-0.39, 0.29) is 5.54 Å². The zero-order valence-electron chi connectivity index (χ0n) is 9.89. The van der Waals surface area contributed by atoms with Gasteiger partial charge in [0.1, 0.15) is 16.2 Å². The minimum Gasteiger partial charge on any atom is -0.365 e. The topological polar surface area (TPSA) is 37.8 Å². The van der Waals surface area contributed by atoms with E-state index in [1.807, 2.05) is 6.07 Å². The van der Waals surface area contributed by atoms with Crippen LogP contribution in [-0.4, -0.2) is 15.5 Å². The molecule has 0 unspecified atom stereocenters. The SMILES string of the molecule is CCc1nc(Br)cc(NC2(C)CCCC2)n1. The molecule has 88 valence electrons. The monoisotopic (exact) mass is 283 g/mol. The normalized spacial score (nSPS) is 18.7. The van der Waals surface area contributed by atoms with Gasteiger partial charge in [-0.2, -0.15) is 0 Å². The number of aromatic nitrogens is 2. The largest absolute Gasteiger partial charge is 0.365 e. The number of hydrogen-bond donors (Lipinski definition) is 1.